The lowest BCUT2D eigenvalue weighted by Crippen LogP contribution is -2.49. The minimum Gasteiger partial charge on any atom is -0.347 e. The standard InChI is InChI=1S/C14H22N4O2.ClH/c1-8-17-12(20-18-8)7-16-14(19)11-5-9-3-2-4-10(6-11)13(9)15;/h9-11,13H,2-7,15H2,1H3,(H,16,19);1H. The molecule has 2 bridgehead atoms. The van der Waals surface area contributed by atoms with Crippen LogP contribution in [-0.4, -0.2) is 22.1 Å². The van der Waals surface area contributed by atoms with Gasteiger partial charge in [-0.3, -0.25) is 4.79 Å². The van der Waals surface area contributed by atoms with Gasteiger partial charge in [0.05, 0.1) is 6.54 Å². The van der Waals surface area contributed by atoms with Gasteiger partial charge in [0.1, 0.15) is 0 Å². The lowest BCUT2D eigenvalue weighted by Gasteiger charge is -2.43. The predicted molar refractivity (Wildman–Crippen MR) is 79.7 cm³/mol. The van der Waals surface area contributed by atoms with E-state index in [2.05, 4.69) is 15.5 Å². The van der Waals surface area contributed by atoms with Crippen molar-refractivity contribution in [3.05, 3.63) is 11.7 Å². The molecule has 2 atom stereocenters. The zero-order chi connectivity index (χ0) is 14.1. The molecule has 2 fully saturated rings. The van der Waals surface area contributed by atoms with Crippen LogP contribution in [0.15, 0.2) is 4.52 Å². The zero-order valence-corrected chi connectivity index (χ0v) is 13.1. The fourth-order valence-electron chi connectivity index (χ4n) is 3.72. The highest BCUT2D eigenvalue weighted by atomic mass is 35.5. The molecule has 0 spiro atoms. The maximum absolute atomic E-state index is 12.3. The van der Waals surface area contributed by atoms with Gasteiger partial charge in [-0.1, -0.05) is 11.6 Å². The van der Waals surface area contributed by atoms with Crippen LogP contribution in [0.25, 0.3) is 0 Å². The van der Waals surface area contributed by atoms with Gasteiger partial charge in [0.25, 0.3) is 0 Å². The Morgan fingerprint density at radius 1 is 1.38 bits per heavy atom. The third-order valence-corrected chi connectivity index (χ3v) is 4.77. The van der Waals surface area contributed by atoms with Crippen molar-refractivity contribution in [1.82, 2.24) is 15.5 Å². The number of nitrogens with zero attached hydrogens (tertiary/aromatic N) is 2. The normalized spacial score (nSPS) is 31.3. The lowest BCUT2D eigenvalue weighted by molar-refractivity contribution is -0.128. The molecule has 3 N–H and O–H groups in total. The molecule has 2 unspecified atom stereocenters. The largest absolute Gasteiger partial charge is 0.347 e. The predicted octanol–water partition coefficient (Wildman–Crippen LogP) is 1.57. The second-order valence-corrected chi connectivity index (χ2v) is 6.15. The highest BCUT2D eigenvalue weighted by Gasteiger charge is 2.40. The number of hydrogen-bond acceptors (Lipinski definition) is 5. The highest BCUT2D eigenvalue weighted by Crippen LogP contribution is 2.41. The second kappa shape index (κ2) is 6.75. The average Bonchev–Trinajstić information content (AvgIpc) is 2.81. The first-order chi connectivity index (χ1) is 9.63. The van der Waals surface area contributed by atoms with Crippen molar-refractivity contribution in [3.8, 4) is 0 Å². The van der Waals surface area contributed by atoms with E-state index < -0.39 is 0 Å². The molecule has 0 radical (unpaired) electrons. The minimum absolute atomic E-state index is 0. The molecule has 7 heteroatoms. The van der Waals surface area contributed by atoms with Crippen molar-refractivity contribution >= 4 is 18.3 Å². The van der Waals surface area contributed by atoms with Crippen molar-refractivity contribution in [2.75, 3.05) is 0 Å². The van der Waals surface area contributed by atoms with Crippen LogP contribution in [0.5, 0.6) is 0 Å². The van der Waals surface area contributed by atoms with Crippen molar-refractivity contribution in [2.24, 2.45) is 23.5 Å². The molecule has 0 aliphatic heterocycles. The van der Waals surface area contributed by atoms with Crippen LogP contribution in [0.1, 0.15) is 43.8 Å². The van der Waals surface area contributed by atoms with Crippen molar-refractivity contribution in [1.29, 1.82) is 0 Å². The number of aromatic nitrogens is 2. The second-order valence-electron chi connectivity index (χ2n) is 6.15. The summed E-state index contributed by atoms with van der Waals surface area (Å²) in [6.45, 7) is 2.08. The van der Waals surface area contributed by atoms with Crippen LogP contribution in [-0.2, 0) is 11.3 Å². The molecule has 1 heterocycles. The number of nitrogens with two attached hydrogens (primary N) is 1. The van der Waals surface area contributed by atoms with Crippen molar-refractivity contribution < 1.29 is 9.32 Å². The third-order valence-electron chi connectivity index (χ3n) is 4.77. The molecule has 21 heavy (non-hydrogen) atoms. The molecule has 6 nitrogen and oxygen atoms in total. The monoisotopic (exact) mass is 314 g/mol. The Labute approximate surface area is 130 Å². The first-order valence-corrected chi connectivity index (χ1v) is 7.46. The Morgan fingerprint density at radius 3 is 2.62 bits per heavy atom. The number of aryl methyl sites for hydroxylation is 1. The maximum Gasteiger partial charge on any atom is 0.246 e. The summed E-state index contributed by atoms with van der Waals surface area (Å²) in [5.41, 5.74) is 6.25. The van der Waals surface area contributed by atoms with Gasteiger partial charge in [0, 0.05) is 12.0 Å². The summed E-state index contributed by atoms with van der Waals surface area (Å²) in [5, 5.41) is 6.62. The van der Waals surface area contributed by atoms with Crippen LogP contribution in [0.3, 0.4) is 0 Å². The Balaban J connectivity index is 0.00000161. The van der Waals surface area contributed by atoms with Crippen LogP contribution < -0.4 is 11.1 Å². The quantitative estimate of drug-likeness (QED) is 0.883. The van der Waals surface area contributed by atoms with Gasteiger partial charge in [-0.25, -0.2) is 0 Å². The van der Waals surface area contributed by atoms with Gasteiger partial charge in [0.2, 0.25) is 11.8 Å². The smallest absolute Gasteiger partial charge is 0.246 e. The maximum atomic E-state index is 12.3. The van der Waals surface area contributed by atoms with Gasteiger partial charge < -0.3 is 15.6 Å². The zero-order valence-electron chi connectivity index (χ0n) is 12.2. The molecule has 1 amide bonds. The molecular formula is C14H23ClN4O2. The number of fused-ring (bicyclic) bond motifs is 2. The molecule has 0 saturated heterocycles. The highest BCUT2D eigenvalue weighted by molar-refractivity contribution is 5.85. The van der Waals surface area contributed by atoms with E-state index in [0.29, 0.717) is 36.1 Å². The van der Waals surface area contributed by atoms with Gasteiger partial charge in [-0.2, -0.15) is 4.98 Å². The van der Waals surface area contributed by atoms with Crippen molar-refractivity contribution in [2.45, 2.75) is 51.6 Å². The van der Waals surface area contributed by atoms with Crippen LogP contribution in [0.4, 0.5) is 0 Å². The summed E-state index contributed by atoms with van der Waals surface area (Å²) >= 11 is 0. The van der Waals surface area contributed by atoms with Crippen LogP contribution >= 0.6 is 12.4 Å². The van der Waals surface area contributed by atoms with E-state index in [4.69, 9.17) is 10.3 Å². The van der Waals surface area contributed by atoms with Gasteiger partial charge in [-0.05, 0) is 44.4 Å². The molecular weight excluding hydrogens is 292 g/mol. The number of amides is 1. The lowest BCUT2D eigenvalue weighted by atomic mass is 9.65. The van der Waals surface area contributed by atoms with E-state index in [0.717, 1.165) is 12.8 Å². The fraction of sp³-hybridized carbons (Fsp3) is 0.786. The summed E-state index contributed by atoms with van der Waals surface area (Å²) < 4.78 is 5.00. The van der Waals surface area contributed by atoms with E-state index in [9.17, 15) is 4.79 Å². The van der Waals surface area contributed by atoms with E-state index in [1.54, 1.807) is 6.92 Å². The Bertz CT molecular complexity index is 479. The summed E-state index contributed by atoms with van der Waals surface area (Å²) in [7, 11) is 0. The number of halogens is 1. The number of carbonyl (C=O) groups excluding carboxylic acids is 1. The molecule has 2 aliphatic carbocycles. The van der Waals surface area contributed by atoms with Crippen LogP contribution in [0, 0.1) is 24.7 Å². The third kappa shape index (κ3) is 3.55. The number of carbonyl (C=O) groups is 1. The summed E-state index contributed by atoms with van der Waals surface area (Å²) in [5.74, 6) is 2.28. The number of hydrogen-bond donors (Lipinski definition) is 2. The molecule has 3 rings (SSSR count). The molecule has 2 aliphatic rings. The Hall–Kier alpha value is -1.14. The van der Waals surface area contributed by atoms with Gasteiger partial charge in [0.15, 0.2) is 5.82 Å². The molecule has 2 saturated carbocycles. The SMILES string of the molecule is Cc1noc(CNC(=O)C2CC3CCCC(C2)C3N)n1.Cl. The van der Waals surface area contributed by atoms with E-state index in [-0.39, 0.29) is 24.2 Å². The van der Waals surface area contributed by atoms with Crippen LogP contribution in [0.2, 0.25) is 0 Å². The van der Waals surface area contributed by atoms with E-state index >= 15 is 0 Å². The van der Waals surface area contributed by atoms with Crippen molar-refractivity contribution in [3.63, 3.8) is 0 Å². The van der Waals surface area contributed by atoms with Gasteiger partial charge in [-0.15, -0.1) is 12.4 Å². The van der Waals surface area contributed by atoms with E-state index in [1.165, 1.54) is 19.3 Å². The van der Waals surface area contributed by atoms with E-state index in [1.807, 2.05) is 0 Å². The molecule has 1 aromatic heterocycles. The Kier molecular flexibility index (Phi) is 5.22. The fourth-order valence-corrected chi connectivity index (χ4v) is 3.72. The average molecular weight is 315 g/mol. The summed E-state index contributed by atoms with van der Waals surface area (Å²) in [4.78, 5) is 16.4. The first kappa shape index (κ1) is 16.2. The molecule has 1 aromatic rings. The summed E-state index contributed by atoms with van der Waals surface area (Å²) in [6, 6.07) is 0.298. The van der Waals surface area contributed by atoms with Gasteiger partial charge >= 0.3 is 0 Å². The molecule has 0 aromatic carbocycles. The first-order valence-electron chi connectivity index (χ1n) is 7.46. The number of rotatable bonds is 3. The Morgan fingerprint density at radius 2 is 2.05 bits per heavy atom. The number of nitrogens with one attached hydrogen (secondary N) is 1. The summed E-state index contributed by atoms with van der Waals surface area (Å²) in [6.07, 6.45) is 5.45. The minimum atomic E-state index is 0. The topological polar surface area (TPSA) is 94.0 Å². The molecule has 118 valence electrons.